The Bertz CT molecular complexity index is 475. The summed E-state index contributed by atoms with van der Waals surface area (Å²) in [6.45, 7) is 0.386. The van der Waals surface area contributed by atoms with Crippen molar-refractivity contribution in [2.45, 2.75) is 0 Å². The SMILES string of the molecule is C[N+](C)(C)CC(=O)N/N=C\C(Br)=C\c1ccccc1. The van der Waals surface area contributed by atoms with Crippen molar-refractivity contribution in [3.63, 3.8) is 0 Å². The fourth-order valence-corrected chi connectivity index (χ4v) is 1.74. The summed E-state index contributed by atoms with van der Waals surface area (Å²) < 4.78 is 1.37. The van der Waals surface area contributed by atoms with E-state index in [9.17, 15) is 4.79 Å². The number of nitrogens with zero attached hydrogens (tertiary/aromatic N) is 2. The second-order valence-corrected chi connectivity index (χ2v) is 6.10. The van der Waals surface area contributed by atoms with Crippen molar-refractivity contribution in [3.05, 3.63) is 40.4 Å². The Labute approximate surface area is 122 Å². The van der Waals surface area contributed by atoms with Gasteiger partial charge in [-0.25, -0.2) is 5.43 Å². The lowest BCUT2D eigenvalue weighted by Gasteiger charge is -2.21. The molecule has 1 amide bonds. The molecule has 0 aromatic heterocycles. The molecular weight excluding hydrogens is 306 g/mol. The first kappa shape index (κ1) is 15.6. The highest BCUT2D eigenvalue weighted by Gasteiger charge is 2.12. The minimum Gasteiger partial charge on any atom is -0.323 e. The maximum absolute atomic E-state index is 11.5. The quantitative estimate of drug-likeness (QED) is 0.503. The van der Waals surface area contributed by atoms with Crippen LogP contribution in [-0.2, 0) is 4.79 Å². The molecule has 102 valence electrons. The normalized spacial score (nSPS) is 12.7. The van der Waals surface area contributed by atoms with Crippen LogP contribution in [0.1, 0.15) is 5.56 Å². The van der Waals surface area contributed by atoms with Crippen LogP contribution in [0.2, 0.25) is 0 Å². The van der Waals surface area contributed by atoms with Gasteiger partial charge in [0.15, 0.2) is 6.54 Å². The number of carbonyl (C=O) groups is 1. The van der Waals surface area contributed by atoms with Crippen molar-refractivity contribution >= 4 is 34.1 Å². The molecular formula is C14H19BrN3O+. The lowest BCUT2D eigenvalue weighted by molar-refractivity contribution is -0.862. The second kappa shape index (κ2) is 7.21. The van der Waals surface area contributed by atoms with Gasteiger partial charge in [0.25, 0.3) is 5.91 Å². The van der Waals surface area contributed by atoms with Crippen LogP contribution in [-0.4, -0.2) is 44.3 Å². The monoisotopic (exact) mass is 324 g/mol. The molecule has 0 unspecified atom stereocenters. The number of hydrogen-bond acceptors (Lipinski definition) is 2. The van der Waals surface area contributed by atoms with E-state index in [4.69, 9.17) is 0 Å². The molecule has 0 fully saturated rings. The van der Waals surface area contributed by atoms with Crippen LogP contribution in [0.3, 0.4) is 0 Å². The Morgan fingerprint density at radius 1 is 1.32 bits per heavy atom. The molecule has 0 spiro atoms. The summed E-state index contributed by atoms with van der Waals surface area (Å²) in [4.78, 5) is 11.5. The van der Waals surface area contributed by atoms with Gasteiger partial charge in [-0.05, 0) is 27.6 Å². The molecule has 0 saturated heterocycles. The molecule has 1 rings (SSSR count). The Balaban J connectivity index is 2.49. The molecule has 0 bridgehead atoms. The molecule has 0 radical (unpaired) electrons. The molecule has 0 heterocycles. The van der Waals surface area contributed by atoms with E-state index in [1.54, 1.807) is 6.21 Å². The minimum absolute atomic E-state index is 0.108. The fourth-order valence-electron chi connectivity index (χ4n) is 1.38. The van der Waals surface area contributed by atoms with E-state index in [-0.39, 0.29) is 5.91 Å². The Kier molecular flexibility index (Phi) is 5.92. The Morgan fingerprint density at radius 2 is 1.95 bits per heavy atom. The molecule has 0 aliphatic rings. The molecule has 19 heavy (non-hydrogen) atoms. The molecule has 0 aliphatic carbocycles. The molecule has 5 heteroatoms. The third kappa shape index (κ3) is 7.54. The molecule has 0 atom stereocenters. The molecule has 1 aromatic rings. The number of amides is 1. The van der Waals surface area contributed by atoms with Crippen molar-refractivity contribution in [2.75, 3.05) is 27.7 Å². The topological polar surface area (TPSA) is 41.5 Å². The number of quaternary nitrogens is 1. The van der Waals surface area contributed by atoms with Crippen LogP contribution in [0, 0.1) is 0 Å². The summed E-state index contributed by atoms with van der Waals surface area (Å²) in [6, 6.07) is 9.87. The number of carbonyl (C=O) groups excluding carboxylic acids is 1. The van der Waals surface area contributed by atoms with E-state index in [1.165, 1.54) is 0 Å². The third-order valence-corrected chi connectivity index (χ3v) is 2.53. The molecule has 4 nitrogen and oxygen atoms in total. The van der Waals surface area contributed by atoms with Gasteiger partial charge in [0.05, 0.1) is 27.4 Å². The number of nitrogens with one attached hydrogen (secondary N) is 1. The van der Waals surface area contributed by atoms with Gasteiger partial charge in [-0.1, -0.05) is 30.3 Å². The Morgan fingerprint density at radius 3 is 2.53 bits per heavy atom. The lowest BCUT2D eigenvalue weighted by Crippen LogP contribution is -2.43. The average molecular weight is 325 g/mol. The van der Waals surface area contributed by atoms with E-state index >= 15 is 0 Å². The predicted octanol–water partition coefficient (Wildman–Crippen LogP) is 2.23. The minimum atomic E-state index is -0.108. The molecule has 0 aliphatic heterocycles. The van der Waals surface area contributed by atoms with Crippen LogP contribution in [0.4, 0.5) is 0 Å². The number of likely N-dealkylation sites (N-methyl/N-ethyl adjacent to an activating group) is 1. The number of allylic oxidation sites excluding steroid dienone is 1. The van der Waals surface area contributed by atoms with Gasteiger partial charge in [0.2, 0.25) is 0 Å². The number of rotatable bonds is 5. The number of halogens is 1. The third-order valence-electron chi connectivity index (χ3n) is 2.10. The second-order valence-electron chi connectivity index (χ2n) is 5.18. The first-order chi connectivity index (χ1) is 8.87. The zero-order chi connectivity index (χ0) is 14.3. The molecule has 1 aromatic carbocycles. The van der Waals surface area contributed by atoms with Crippen molar-refractivity contribution in [1.29, 1.82) is 0 Å². The van der Waals surface area contributed by atoms with Crippen molar-refractivity contribution in [3.8, 4) is 0 Å². The highest BCUT2D eigenvalue weighted by atomic mass is 79.9. The summed E-state index contributed by atoms with van der Waals surface area (Å²) in [7, 11) is 5.86. The summed E-state index contributed by atoms with van der Waals surface area (Å²) in [5.74, 6) is -0.108. The summed E-state index contributed by atoms with van der Waals surface area (Å²) in [5, 5.41) is 3.90. The van der Waals surface area contributed by atoms with Gasteiger partial charge in [-0.3, -0.25) is 4.79 Å². The van der Waals surface area contributed by atoms with Crippen molar-refractivity contribution in [1.82, 2.24) is 5.43 Å². The maximum atomic E-state index is 11.5. The number of benzene rings is 1. The van der Waals surface area contributed by atoms with Gasteiger partial charge in [-0.2, -0.15) is 5.10 Å². The van der Waals surface area contributed by atoms with Gasteiger partial charge in [0, 0.05) is 4.48 Å². The summed E-state index contributed by atoms with van der Waals surface area (Å²) in [6.07, 6.45) is 3.50. The molecule has 0 saturated carbocycles. The number of hydrogen-bond donors (Lipinski definition) is 1. The van der Waals surface area contributed by atoms with Crippen LogP contribution in [0.25, 0.3) is 6.08 Å². The number of hydrazone groups is 1. The zero-order valence-corrected chi connectivity index (χ0v) is 13.0. The first-order valence-corrected chi connectivity index (χ1v) is 6.71. The lowest BCUT2D eigenvalue weighted by atomic mass is 10.2. The summed E-state index contributed by atoms with van der Waals surface area (Å²) in [5.41, 5.74) is 3.57. The van der Waals surface area contributed by atoms with E-state index < -0.39 is 0 Å². The maximum Gasteiger partial charge on any atom is 0.295 e. The summed E-state index contributed by atoms with van der Waals surface area (Å²) >= 11 is 3.38. The van der Waals surface area contributed by atoms with Crippen LogP contribution < -0.4 is 5.43 Å². The van der Waals surface area contributed by atoms with Crippen LogP contribution in [0.15, 0.2) is 39.9 Å². The van der Waals surface area contributed by atoms with Crippen LogP contribution in [0.5, 0.6) is 0 Å². The predicted molar refractivity (Wildman–Crippen MR) is 82.9 cm³/mol. The highest BCUT2D eigenvalue weighted by molar-refractivity contribution is 9.12. The van der Waals surface area contributed by atoms with E-state index in [1.807, 2.05) is 57.6 Å². The fraction of sp³-hybridized carbons (Fsp3) is 0.286. The Hall–Kier alpha value is -1.46. The van der Waals surface area contributed by atoms with E-state index in [0.29, 0.717) is 11.0 Å². The van der Waals surface area contributed by atoms with Gasteiger partial charge in [-0.15, -0.1) is 0 Å². The largest absolute Gasteiger partial charge is 0.323 e. The van der Waals surface area contributed by atoms with Crippen LogP contribution >= 0.6 is 15.9 Å². The molecule has 1 N–H and O–H groups in total. The van der Waals surface area contributed by atoms with Gasteiger partial charge in [0.1, 0.15) is 0 Å². The van der Waals surface area contributed by atoms with E-state index in [2.05, 4.69) is 26.5 Å². The average Bonchev–Trinajstić information content (AvgIpc) is 2.27. The van der Waals surface area contributed by atoms with Gasteiger partial charge >= 0.3 is 0 Å². The first-order valence-electron chi connectivity index (χ1n) is 5.91. The van der Waals surface area contributed by atoms with Crippen molar-refractivity contribution in [2.24, 2.45) is 5.10 Å². The van der Waals surface area contributed by atoms with E-state index in [0.717, 1.165) is 10.0 Å². The smallest absolute Gasteiger partial charge is 0.295 e. The highest BCUT2D eigenvalue weighted by Crippen LogP contribution is 2.09. The van der Waals surface area contributed by atoms with Crippen molar-refractivity contribution < 1.29 is 9.28 Å². The van der Waals surface area contributed by atoms with Gasteiger partial charge < -0.3 is 4.48 Å². The standard InChI is InChI=1S/C14H18BrN3O/c1-18(2,3)11-14(19)17-16-10-13(15)9-12-7-5-4-6-8-12/h4-10H,11H2,1-3H3/p+1/b13-9-,16-10-. The zero-order valence-electron chi connectivity index (χ0n) is 11.4.